The van der Waals surface area contributed by atoms with E-state index in [1.54, 1.807) is 0 Å². The van der Waals surface area contributed by atoms with E-state index in [9.17, 15) is 19.2 Å². The van der Waals surface area contributed by atoms with Crippen molar-refractivity contribution in [1.82, 2.24) is 0 Å². The zero-order valence-electron chi connectivity index (χ0n) is 29.3. The average Bonchev–Trinajstić information content (AvgIpc) is 2.91. The Kier molecular flexibility index (Phi) is 14.4. The van der Waals surface area contributed by atoms with Crippen LogP contribution in [0, 0.1) is 31.6 Å². The summed E-state index contributed by atoms with van der Waals surface area (Å²) in [6.07, 6.45) is 6.71. The van der Waals surface area contributed by atoms with Gasteiger partial charge in [-0.15, -0.1) is 0 Å². The molecule has 1 aliphatic rings. The number of hydrogen-bond acceptors (Lipinski definition) is 4. The fourth-order valence-corrected chi connectivity index (χ4v) is 6.99. The molecule has 44 heavy (non-hydrogen) atoms. The van der Waals surface area contributed by atoms with Crippen LogP contribution in [-0.2, 0) is 39.1 Å². The fourth-order valence-electron chi connectivity index (χ4n) is 6.99. The van der Waals surface area contributed by atoms with E-state index >= 15 is 0 Å². The summed E-state index contributed by atoms with van der Waals surface area (Å²) < 4.78 is 0. The first-order valence-electron chi connectivity index (χ1n) is 16.9. The fraction of sp³-hybridized carbons (Fsp3) is 0.600. The van der Waals surface area contributed by atoms with E-state index in [2.05, 4.69) is 72.7 Å². The standard InChI is InChI=1S/C37H50O4.C3H8/c1-9-11-28(32(10-2)34(40)17-24(4)38)18-26-19-30-15-14-27(25(5)36(30)35(41)20-26)21-31(39)22-29-13-12-23(3)16-33(29)37(6,7)8;1-3-2/h12-16,26,28,32H,9-11,17-22H2,1-8H3;3H2,1-2H3. The summed E-state index contributed by atoms with van der Waals surface area (Å²) in [6, 6.07) is 10.4. The lowest BCUT2D eigenvalue weighted by molar-refractivity contribution is -0.130. The van der Waals surface area contributed by atoms with E-state index in [4.69, 9.17) is 0 Å². The van der Waals surface area contributed by atoms with Gasteiger partial charge in [-0.25, -0.2) is 0 Å². The third kappa shape index (κ3) is 10.3. The Hall–Kier alpha value is -2.88. The predicted octanol–water partition coefficient (Wildman–Crippen LogP) is 9.50. The van der Waals surface area contributed by atoms with Gasteiger partial charge in [0, 0.05) is 30.7 Å². The number of benzene rings is 2. The molecule has 0 radical (unpaired) electrons. The summed E-state index contributed by atoms with van der Waals surface area (Å²) in [5, 5.41) is 0. The molecular weight excluding hydrogens is 544 g/mol. The van der Waals surface area contributed by atoms with E-state index in [-0.39, 0.29) is 52.7 Å². The Morgan fingerprint density at radius 3 is 2.09 bits per heavy atom. The number of carbonyl (C=O) groups is 4. The molecule has 2 aromatic rings. The number of fused-ring (bicyclic) bond motifs is 1. The van der Waals surface area contributed by atoms with Crippen LogP contribution in [-0.4, -0.2) is 23.1 Å². The van der Waals surface area contributed by atoms with Crippen LogP contribution in [0.15, 0.2) is 30.3 Å². The minimum Gasteiger partial charge on any atom is -0.300 e. The van der Waals surface area contributed by atoms with Crippen LogP contribution in [0.1, 0.15) is 144 Å². The lowest BCUT2D eigenvalue weighted by atomic mass is 9.71. The van der Waals surface area contributed by atoms with Gasteiger partial charge in [0.05, 0.1) is 6.42 Å². The summed E-state index contributed by atoms with van der Waals surface area (Å²) in [4.78, 5) is 51.2. The highest BCUT2D eigenvalue weighted by molar-refractivity contribution is 6.01. The Morgan fingerprint density at radius 2 is 1.52 bits per heavy atom. The summed E-state index contributed by atoms with van der Waals surface area (Å²) in [6.45, 7) is 20.5. The molecule has 1 aliphatic carbocycles. The van der Waals surface area contributed by atoms with Crippen LogP contribution in [0.4, 0.5) is 0 Å². The van der Waals surface area contributed by atoms with Crippen LogP contribution in [0.3, 0.4) is 0 Å². The number of ketones is 4. The van der Waals surface area contributed by atoms with E-state index < -0.39 is 0 Å². The van der Waals surface area contributed by atoms with E-state index in [0.717, 1.165) is 59.9 Å². The quantitative estimate of drug-likeness (QED) is 0.214. The average molecular weight is 603 g/mol. The molecule has 0 fully saturated rings. The monoisotopic (exact) mass is 602 g/mol. The maximum absolute atomic E-state index is 13.5. The van der Waals surface area contributed by atoms with E-state index in [0.29, 0.717) is 19.3 Å². The first-order chi connectivity index (χ1) is 20.7. The second kappa shape index (κ2) is 17.0. The lowest BCUT2D eigenvalue weighted by Gasteiger charge is -2.32. The van der Waals surface area contributed by atoms with Gasteiger partial charge in [0.2, 0.25) is 0 Å². The van der Waals surface area contributed by atoms with Crippen molar-refractivity contribution in [3.8, 4) is 0 Å². The zero-order chi connectivity index (χ0) is 33.2. The van der Waals surface area contributed by atoms with Crippen molar-refractivity contribution in [3.05, 3.63) is 69.3 Å². The molecule has 0 saturated heterocycles. The molecule has 3 atom stereocenters. The van der Waals surface area contributed by atoms with E-state index in [1.807, 2.05) is 19.9 Å². The molecule has 3 unspecified atom stereocenters. The molecule has 0 heterocycles. The van der Waals surface area contributed by atoms with Crippen LogP contribution < -0.4 is 0 Å². The molecule has 0 bridgehead atoms. The first kappa shape index (κ1) is 37.3. The third-order valence-corrected chi connectivity index (χ3v) is 8.91. The lowest BCUT2D eigenvalue weighted by Crippen LogP contribution is -2.30. The number of aryl methyl sites for hydroxylation is 1. The van der Waals surface area contributed by atoms with Gasteiger partial charge in [0.15, 0.2) is 5.78 Å². The van der Waals surface area contributed by atoms with E-state index in [1.165, 1.54) is 24.5 Å². The van der Waals surface area contributed by atoms with Crippen molar-refractivity contribution in [1.29, 1.82) is 0 Å². The number of hydrogen-bond donors (Lipinski definition) is 0. The Morgan fingerprint density at radius 1 is 0.909 bits per heavy atom. The van der Waals surface area contributed by atoms with Gasteiger partial charge < -0.3 is 0 Å². The predicted molar refractivity (Wildman–Crippen MR) is 183 cm³/mol. The zero-order valence-corrected chi connectivity index (χ0v) is 29.3. The Balaban J connectivity index is 0.00000216. The van der Waals surface area contributed by atoms with Crippen LogP contribution in [0.25, 0.3) is 0 Å². The van der Waals surface area contributed by atoms with Crippen molar-refractivity contribution in [3.63, 3.8) is 0 Å². The molecule has 2 aromatic carbocycles. The molecular formula is C40H58O4. The molecule has 0 N–H and O–H groups in total. The molecule has 0 spiro atoms. The molecule has 3 rings (SSSR count). The van der Waals surface area contributed by atoms with Crippen molar-refractivity contribution in [2.24, 2.45) is 17.8 Å². The molecule has 4 nitrogen and oxygen atoms in total. The highest BCUT2D eigenvalue weighted by atomic mass is 16.1. The number of rotatable bonds is 13. The SMILES string of the molecule is CCC.CCCC(CC1CC(=O)c2c(ccc(CC(=O)Cc3ccc(C)cc3C(C)(C)C)c2C)C1)C(CC)C(=O)CC(C)=O. The first-order valence-corrected chi connectivity index (χ1v) is 16.9. The molecule has 0 amide bonds. The Bertz CT molecular complexity index is 1310. The summed E-state index contributed by atoms with van der Waals surface area (Å²) >= 11 is 0. The second-order valence-corrected chi connectivity index (χ2v) is 14.2. The number of Topliss-reactive ketones (excluding diaryl/α,β-unsaturated/α-hetero) is 4. The minimum atomic E-state index is -0.127. The van der Waals surface area contributed by atoms with Gasteiger partial charge in [-0.05, 0) is 85.1 Å². The topological polar surface area (TPSA) is 68.3 Å². The maximum Gasteiger partial charge on any atom is 0.163 e. The summed E-state index contributed by atoms with van der Waals surface area (Å²) in [7, 11) is 0. The van der Waals surface area contributed by atoms with Crippen LogP contribution in [0.2, 0.25) is 0 Å². The van der Waals surface area contributed by atoms with Gasteiger partial charge in [0.25, 0.3) is 0 Å². The largest absolute Gasteiger partial charge is 0.300 e. The molecule has 0 saturated carbocycles. The maximum atomic E-state index is 13.5. The van der Waals surface area contributed by atoms with Crippen LogP contribution >= 0.6 is 0 Å². The van der Waals surface area contributed by atoms with Crippen molar-refractivity contribution < 1.29 is 19.2 Å². The number of carbonyl (C=O) groups excluding carboxylic acids is 4. The van der Waals surface area contributed by atoms with Gasteiger partial charge >= 0.3 is 0 Å². The van der Waals surface area contributed by atoms with Gasteiger partial charge in [-0.2, -0.15) is 0 Å². The molecule has 4 heteroatoms. The minimum absolute atomic E-state index is 0.00722. The highest BCUT2D eigenvalue weighted by Gasteiger charge is 2.33. The van der Waals surface area contributed by atoms with Crippen LogP contribution in [0.5, 0.6) is 0 Å². The third-order valence-electron chi connectivity index (χ3n) is 8.91. The van der Waals surface area contributed by atoms with Gasteiger partial charge in [-0.1, -0.05) is 104 Å². The molecule has 0 aliphatic heterocycles. The molecule has 242 valence electrons. The molecule has 0 aromatic heterocycles. The summed E-state index contributed by atoms with van der Waals surface area (Å²) in [5.74, 6) is 0.526. The summed E-state index contributed by atoms with van der Waals surface area (Å²) in [5.41, 5.74) is 7.18. The smallest absolute Gasteiger partial charge is 0.163 e. The van der Waals surface area contributed by atoms with Crippen molar-refractivity contribution >= 4 is 23.1 Å². The van der Waals surface area contributed by atoms with Gasteiger partial charge in [0.1, 0.15) is 17.3 Å². The van der Waals surface area contributed by atoms with Crippen molar-refractivity contribution in [2.75, 3.05) is 0 Å². The van der Waals surface area contributed by atoms with Crippen molar-refractivity contribution in [2.45, 2.75) is 139 Å². The van der Waals surface area contributed by atoms with Gasteiger partial charge in [-0.3, -0.25) is 19.2 Å². The second-order valence-electron chi connectivity index (χ2n) is 14.2. The Labute approximate surface area is 267 Å². The normalized spacial score (nSPS) is 16.0. The highest BCUT2D eigenvalue weighted by Crippen LogP contribution is 2.37.